The van der Waals surface area contributed by atoms with Crippen LogP contribution < -0.4 is 10.2 Å². The van der Waals surface area contributed by atoms with Gasteiger partial charge in [-0.05, 0) is 48.2 Å². The third-order valence-corrected chi connectivity index (χ3v) is 7.59. The van der Waals surface area contributed by atoms with Crippen LogP contribution in [-0.4, -0.2) is 40.4 Å². The summed E-state index contributed by atoms with van der Waals surface area (Å²) >= 11 is 1.56. The fourth-order valence-electron chi connectivity index (χ4n) is 4.48. The Morgan fingerprint density at radius 3 is 2.46 bits per heavy atom. The molecule has 1 atom stereocenters. The number of carbonyl (C=O) groups excluding carboxylic acids is 2. The number of fused-ring (bicyclic) bond motifs is 1. The topological polar surface area (TPSA) is 67.2 Å². The molecule has 0 saturated carbocycles. The van der Waals surface area contributed by atoms with Crippen molar-refractivity contribution in [2.75, 3.05) is 23.7 Å². The average molecular weight is 523 g/mol. The number of halogens is 1. The summed E-state index contributed by atoms with van der Waals surface area (Å²) in [6, 6.07) is 14.2. The van der Waals surface area contributed by atoms with Crippen molar-refractivity contribution in [1.82, 2.24) is 15.1 Å². The molecule has 1 N–H and O–H groups in total. The Hall–Kier alpha value is -3.13. The number of hydrogen-bond donors (Lipinski definition) is 1. The Morgan fingerprint density at radius 2 is 1.84 bits per heavy atom. The molecule has 0 radical (unpaired) electrons. The van der Waals surface area contributed by atoms with Crippen LogP contribution in [0.2, 0.25) is 0 Å². The second kappa shape index (κ2) is 10.7. The molecule has 6 nitrogen and oxygen atoms in total. The van der Waals surface area contributed by atoms with E-state index in [0.717, 1.165) is 22.4 Å². The van der Waals surface area contributed by atoms with E-state index in [1.807, 2.05) is 26.0 Å². The highest BCUT2D eigenvalue weighted by Crippen LogP contribution is 2.49. The van der Waals surface area contributed by atoms with Gasteiger partial charge in [-0.1, -0.05) is 58.9 Å². The fraction of sp³-hybridized carbons (Fsp3) is 0.414. The Morgan fingerprint density at radius 1 is 1.16 bits per heavy atom. The van der Waals surface area contributed by atoms with Crippen LogP contribution in [0.5, 0.6) is 0 Å². The molecule has 0 fully saturated rings. The van der Waals surface area contributed by atoms with Crippen LogP contribution in [0, 0.1) is 18.7 Å². The van der Waals surface area contributed by atoms with E-state index in [-0.39, 0.29) is 46.5 Å². The first-order chi connectivity index (χ1) is 17.5. The molecule has 8 heteroatoms. The third kappa shape index (κ3) is 5.74. The highest BCUT2D eigenvalue weighted by Gasteiger charge is 2.40. The molecular weight excluding hydrogens is 487 g/mol. The highest BCUT2D eigenvalue weighted by molar-refractivity contribution is 8.00. The van der Waals surface area contributed by atoms with Crippen molar-refractivity contribution >= 4 is 29.4 Å². The highest BCUT2D eigenvalue weighted by atomic mass is 32.2. The van der Waals surface area contributed by atoms with E-state index in [9.17, 15) is 14.0 Å². The molecule has 0 aliphatic carbocycles. The number of benzene rings is 2. The van der Waals surface area contributed by atoms with Crippen molar-refractivity contribution in [2.45, 2.75) is 52.2 Å². The molecule has 37 heavy (non-hydrogen) atoms. The number of amides is 2. The van der Waals surface area contributed by atoms with E-state index in [1.165, 1.54) is 12.1 Å². The molecule has 3 aromatic rings. The van der Waals surface area contributed by atoms with Crippen molar-refractivity contribution in [2.24, 2.45) is 5.92 Å². The molecule has 2 amide bonds. The van der Waals surface area contributed by atoms with Gasteiger partial charge in [0, 0.05) is 17.5 Å². The second-order valence-electron chi connectivity index (χ2n) is 10.9. The van der Waals surface area contributed by atoms with Gasteiger partial charge in [0.2, 0.25) is 11.8 Å². The Balaban J connectivity index is 1.98. The summed E-state index contributed by atoms with van der Waals surface area (Å²) in [5.41, 5.74) is 4.26. The summed E-state index contributed by atoms with van der Waals surface area (Å²) in [5, 5.41) is 7.81. The van der Waals surface area contributed by atoms with E-state index < -0.39 is 0 Å². The zero-order valence-electron chi connectivity index (χ0n) is 22.3. The average Bonchev–Trinajstić information content (AvgIpc) is 3.17. The number of thioether (sulfide) groups is 1. The van der Waals surface area contributed by atoms with Crippen LogP contribution in [0.3, 0.4) is 0 Å². The fourth-order valence-corrected chi connectivity index (χ4v) is 5.77. The van der Waals surface area contributed by atoms with E-state index in [2.05, 4.69) is 45.1 Å². The standard InChI is InChI=1S/C29H35FN4O2S/c1-18(2)15-31-23(35)16-33-24(36)17-37-26(22-10-8-7-9-19(22)3)25-27(29(4,5)6)32-34(28(25)33)21-13-11-20(30)12-14-21/h7-14,18,26H,15-17H2,1-6H3,(H,31,35)/t26-/m1/s1. The summed E-state index contributed by atoms with van der Waals surface area (Å²) in [5.74, 6) is 0.338. The van der Waals surface area contributed by atoms with Crippen LogP contribution in [0.4, 0.5) is 10.2 Å². The number of nitrogens with one attached hydrogen (secondary N) is 1. The molecule has 1 aliphatic heterocycles. The van der Waals surface area contributed by atoms with Gasteiger partial charge in [-0.3, -0.25) is 14.5 Å². The summed E-state index contributed by atoms with van der Waals surface area (Å²) in [4.78, 5) is 28.2. The predicted octanol–water partition coefficient (Wildman–Crippen LogP) is 5.56. The van der Waals surface area contributed by atoms with E-state index in [1.54, 1.807) is 33.5 Å². The molecular formula is C29H35FN4O2S. The van der Waals surface area contributed by atoms with Gasteiger partial charge in [0.25, 0.3) is 0 Å². The number of rotatable bonds is 6. The van der Waals surface area contributed by atoms with Crippen molar-refractivity contribution in [3.8, 4) is 5.69 Å². The molecule has 1 aliphatic rings. The molecule has 2 aromatic carbocycles. The monoisotopic (exact) mass is 522 g/mol. The number of carbonyl (C=O) groups is 2. The van der Waals surface area contributed by atoms with Crippen LogP contribution in [0.1, 0.15) is 62.3 Å². The van der Waals surface area contributed by atoms with E-state index in [0.29, 0.717) is 18.1 Å². The molecule has 0 unspecified atom stereocenters. The second-order valence-corrected chi connectivity index (χ2v) is 12.0. The Bertz CT molecular complexity index is 1290. The van der Waals surface area contributed by atoms with Crippen molar-refractivity contribution in [1.29, 1.82) is 0 Å². The maximum absolute atomic E-state index is 13.8. The summed E-state index contributed by atoms with van der Waals surface area (Å²) in [7, 11) is 0. The van der Waals surface area contributed by atoms with Gasteiger partial charge in [0.1, 0.15) is 18.2 Å². The number of hydrogen-bond acceptors (Lipinski definition) is 4. The van der Waals surface area contributed by atoms with Gasteiger partial charge in [0.15, 0.2) is 0 Å². The minimum Gasteiger partial charge on any atom is -0.354 e. The smallest absolute Gasteiger partial charge is 0.240 e. The lowest BCUT2D eigenvalue weighted by Crippen LogP contribution is -2.43. The normalized spacial score (nSPS) is 16.1. The van der Waals surface area contributed by atoms with Crippen LogP contribution in [0.15, 0.2) is 48.5 Å². The molecule has 0 spiro atoms. The van der Waals surface area contributed by atoms with Gasteiger partial charge >= 0.3 is 0 Å². The van der Waals surface area contributed by atoms with Crippen LogP contribution in [-0.2, 0) is 15.0 Å². The van der Waals surface area contributed by atoms with Gasteiger partial charge in [-0.25, -0.2) is 9.07 Å². The molecule has 2 heterocycles. The minimum absolute atomic E-state index is 0.115. The largest absolute Gasteiger partial charge is 0.354 e. The predicted molar refractivity (Wildman–Crippen MR) is 148 cm³/mol. The molecule has 1 aromatic heterocycles. The van der Waals surface area contributed by atoms with Crippen LogP contribution in [0.25, 0.3) is 5.69 Å². The molecule has 0 bridgehead atoms. The molecule has 4 rings (SSSR count). The molecule has 196 valence electrons. The van der Waals surface area contributed by atoms with E-state index >= 15 is 0 Å². The first-order valence-corrected chi connectivity index (χ1v) is 13.7. The van der Waals surface area contributed by atoms with Crippen molar-refractivity contribution in [3.63, 3.8) is 0 Å². The zero-order valence-corrected chi connectivity index (χ0v) is 23.2. The summed E-state index contributed by atoms with van der Waals surface area (Å²) in [6.07, 6.45) is 0. The maximum atomic E-state index is 13.8. The maximum Gasteiger partial charge on any atom is 0.240 e. The SMILES string of the molecule is Cc1ccccc1[C@H]1SCC(=O)N(CC(=O)NCC(C)C)c2c1c(C(C)(C)C)nn2-c1ccc(F)cc1. The lowest BCUT2D eigenvalue weighted by molar-refractivity contribution is -0.123. The van der Waals surface area contributed by atoms with Gasteiger partial charge in [0.05, 0.1) is 22.4 Å². The number of aromatic nitrogens is 2. The number of anilines is 1. The minimum atomic E-state index is -0.354. The summed E-state index contributed by atoms with van der Waals surface area (Å²) < 4.78 is 15.5. The zero-order chi connectivity index (χ0) is 26.9. The lowest BCUT2D eigenvalue weighted by atomic mass is 9.86. The third-order valence-electron chi connectivity index (χ3n) is 6.35. The molecule has 0 saturated heterocycles. The number of aryl methyl sites for hydroxylation is 1. The summed E-state index contributed by atoms with van der Waals surface area (Å²) in [6.45, 7) is 12.8. The van der Waals surface area contributed by atoms with Gasteiger partial charge in [-0.15, -0.1) is 11.8 Å². The first kappa shape index (κ1) is 26.9. The van der Waals surface area contributed by atoms with E-state index in [4.69, 9.17) is 5.10 Å². The first-order valence-electron chi connectivity index (χ1n) is 12.6. The van der Waals surface area contributed by atoms with Crippen LogP contribution >= 0.6 is 11.8 Å². The van der Waals surface area contributed by atoms with Gasteiger partial charge in [-0.2, -0.15) is 5.10 Å². The lowest BCUT2D eigenvalue weighted by Gasteiger charge is -2.25. The Labute approximate surface area is 222 Å². The van der Waals surface area contributed by atoms with Gasteiger partial charge < -0.3 is 5.32 Å². The Kier molecular flexibility index (Phi) is 7.78. The number of nitrogens with zero attached hydrogens (tertiary/aromatic N) is 3. The van der Waals surface area contributed by atoms with Crippen molar-refractivity contribution in [3.05, 3.63) is 76.7 Å². The quantitative estimate of drug-likeness (QED) is 0.460. The van der Waals surface area contributed by atoms with Crippen molar-refractivity contribution < 1.29 is 14.0 Å².